The lowest BCUT2D eigenvalue weighted by Crippen LogP contribution is -2.40. The van der Waals surface area contributed by atoms with Gasteiger partial charge in [-0.25, -0.2) is 16.8 Å². The number of fused-ring (bicyclic) bond motifs is 2. The molecule has 2 heterocycles. The molecule has 0 saturated heterocycles. The van der Waals surface area contributed by atoms with Crippen molar-refractivity contribution in [3.63, 3.8) is 0 Å². The Morgan fingerprint density at radius 1 is 0.600 bits per heavy atom. The molecule has 70 heavy (non-hydrogen) atoms. The van der Waals surface area contributed by atoms with Gasteiger partial charge < -0.3 is 28.7 Å². The monoisotopic (exact) mass is 1040 g/mol. The highest BCUT2D eigenvalue weighted by atomic mass is 32.2. The van der Waals surface area contributed by atoms with Gasteiger partial charge >= 0.3 is 11.9 Å². The van der Waals surface area contributed by atoms with E-state index in [0.717, 1.165) is 59.7 Å². The second-order valence-electron chi connectivity index (χ2n) is 18.6. The summed E-state index contributed by atoms with van der Waals surface area (Å²) in [5.41, 5.74) is 1.93. The number of thioether (sulfide) groups is 2. The first-order chi connectivity index (χ1) is 33.5. The molecule has 4 aromatic rings. The molecule has 0 bridgehead atoms. The van der Waals surface area contributed by atoms with Crippen molar-refractivity contribution in [1.82, 2.24) is 8.61 Å². The second-order valence-corrected chi connectivity index (χ2v) is 24.2. The maximum atomic E-state index is 13.9. The molecular formula is C52H68N4O10S4. The normalized spacial score (nSPS) is 20.6. The van der Waals surface area contributed by atoms with Gasteiger partial charge in [0.15, 0.2) is 0 Å². The molecule has 0 amide bonds. The summed E-state index contributed by atoms with van der Waals surface area (Å²) >= 11 is 2.99. The van der Waals surface area contributed by atoms with Crippen LogP contribution in [0.1, 0.15) is 78.1 Å². The highest BCUT2D eigenvalue weighted by molar-refractivity contribution is 7.99. The predicted octanol–water partition coefficient (Wildman–Crippen LogP) is 10.1. The van der Waals surface area contributed by atoms with Gasteiger partial charge in [-0.2, -0.15) is 8.61 Å². The molecule has 0 N–H and O–H groups in total. The SMILES string of the molecule is CCCC[C@@H]1CN(c2ccccc2)c2cc(SC)c(OCC3(C(=O)OC)CC3)cc2S(=O)(=O)N1C.CCCC[C@H]1CN(c2ccccc2)c2cc(SC)c(OCC3(C(=O)OC)CC3)cc2S(=O)(=O)N1C. The number of hydrogen-bond donors (Lipinski definition) is 0. The molecule has 4 aromatic carbocycles. The summed E-state index contributed by atoms with van der Waals surface area (Å²) in [5, 5.41) is 0. The summed E-state index contributed by atoms with van der Waals surface area (Å²) in [6, 6.07) is 26.6. The smallest absolute Gasteiger partial charge is 0.315 e. The number of unbranched alkanes of at least 4 members (excludes halogenated alkanes) is 2. The van der Waals surface area contributed by atoms with Crippen molar-refractivity contribution in [2.24, 2.45) is 10.8 Å². The van der Waals surface area contributed by atoms with Gasteiger partial charge in [-0.1, -0.05) is 75.9 Å². The van der Waals surface area contributed by atoms with E-state index in [-0.39, 0.29) is 47.0 Å². The first-order valence-electron chi connectivity index (χ1n) is 24.0. The Bertz CT molecular complexity index is 2520. The van der Waals surface area contributed by atoms with Crippen molar-refractivity contribution in [2.75, 3.05) is 76.9 Å². The number of hydrogen-bond acceptors (Lipinski definition) is 14. The molecule has 2 saturated carbocycles. The Labute approximate surface area is 423 Å². The zero-order valence-corrected chi connectivity index (χ0v) is 44.9. The quantitative estimate of drug-likeness (QED) is 0.0686. The van der Waals surface area contributed by atoms with E-state index in [1.54, 1.807) is 26.2 Å². The first kappa shape index (κ1) is 53.3. The van der Waals surface area contributed by atoms with E-state index in [1.807, 2.05) is 85.3 Å². The zero-order chi connectivity index (χ0) is 50.4. The van der Waals surface area contributed by atoms with Crippen LogP contribution in [0, 0.1) is 10.8 Å². The highest BCUT2D eigenvalue weighted by Crippen LogP contribution is 2.50. The van der Waals surface area contributed by atoms with Gasteiger partial charge in [0.2, 0.25) is 20.0 Å². The number of methoxy groups -OCH3 is 2. The molecule has 380 valence electrons. The number of rotatable bonds is 18. The lowest BCUT2D eigenvalue weighted by molar-refractivity contribution is -0.149. The lowest BCUT2D eigenvalue weighted by atomic mass is 10.1. The van der Waals surface area contributed by atoms with Crippen LogP contribution < -0.4 is 19.3 Å². The van der Waals surface area contributed by atoms with E-state index in [9.17, 15) is 26.4 Å². The molecule has 2 aliphatic carbocycles. The minimum Gasteiger partial charge on any atom is -0.491 e. The van der Waals surface area contributed by atoms with Crippen LogP contribution in [-0.4, -0.2) is 117 Å². The number of esters is 2. The molecular weight excluding hydrogens is 969 g/mol. The van der Waals surface area contributed by atoms with Crippen LogP contribution in [0.25, 0.3) is 0 Å². The van der Waals surface area contributed by atoms with Crippen molar-refractivity contribution >= 4 is 78.3 Å². The molecule has 14 nitrogen and oxygen atoms in total. The van der Waals surface area contributed by atoms with Gasteiger partial charge in [0, 0.05) is 62.8 Å². The summed E-state index contributed by atoms with van der Waals surface area (Å²) < 4.78 is 80.6. The second kappa shape index (κ2) is 22.5. The third-order valence-corrected chi connectivity index (χ3v) is 19.5. The van der Waals surface area contributed by atoms with E-state index < -0.39 is 30.9 Å². The molecule has 4 aliphatic rings. The third kappa shape index (κ3) is 11.1. The minimum atomic E-state index is -3.77. The Kier molecular flexibility index (Phi) is 17.2. The van der Waals surface area contributed by atoms with Crippen LogP contribution in [-0.2, 0) is 39.1 Å². The van der Waals surface area contributed by atoms with Crippen molar-refractivity contribution in [1.29, 1.82) is 0 Å². The fourth-order valence-electron chi connectivity index (χ4n) is 9.10. The maximum absolute atomic E-state index is 13.9. The van der Waals surface area contributed by atoms with E-state index in [2.05, 4.69) is 23.6 Å². The standard InChI is InChI=1S/2C26H34N2O5S2/c2*1-5-6-10-20-17-28(19-11-8-7-9-12-19)21-15-23(34-4)22(16-24(21)35(30,31)27(20)2)33-18-26(13-14-26)25(29)32-3/h2*7-9,11-12,15-16,20H,5-6,10,13-14,17-18H2,1-4H3/t2*20-/m10/s1. The van der Waals surface area contributed by atoms with Crippen LogP contribution in [0.15, 0.2) is 105 Å². The summed E-state index contributed by atoms with van der Waals surface area (Å²) in [6.07, 6.45) is 12.2. The van der Waals surface area contributed by atoms with Crippen LogP contribution in [0.3, 0.4) is 0 Å². The fourth-order valence-corrected chi connectivity index (χ4v) is 13.3. The van der Waals surface area contributed by atoms with E-state index in [4.69, 9.17) is 18.9 Å². The average Bonchev–Trinajstić information content (AvgIpc) is 4.34. The number of nitrogens with zero attached hydrogens (tertiary/aromatic N) is 4. The molecule has 0 aromatic heterocycles. The van der Waals surface area contributed by atoms with Crippen molar-refractivity contribution in [3.8, 4) is 11.5 Å². The first-order valence-corrected chi connectivity index (χ1v) is 29.4. The highest BCUT2D eigenvalue weighted by Gasteiger charge is 2.53. The van der Waals surface area contributed by atoms with E-state index >= 15 is 0 Å². The number of para-hydroxylation sites is 2. The molecule has 2 fully saturated rings. The zero-order valence-electron chi connectivity index (χ0n) is 41.6. The topological polar surface area (TPSA) is 152 Å². The Balaban J connectivity index is 0.000000206. The Morgan fingerprint density at radius 2 is 0.957 bits per heavy atom. The summed E-state index contributed by atoms with van der Waals surface area (Å²) in [6.45, 7) is 5.69. The number of benzene rings is 4. The maximum Gasteiger partial charge on any atom is 0.315 e. The predicted molar refractivity (Wildman–Crippen MR) is 278 cm³/mol. The number of ether oxygens (including phenoxy) is 4. The molecule has 0 unspecified atom stereocenters. The minimum absolute atomic E-state index is 0.163. The average molecular weight is 1040 g/mol. The molecule has 2 atom stereocenters. The summed E-state index contributed by atoms with van der Waals surface area (Å²) in [7, 11) is -1.43. The number of carbonyl (C=O) groups excluding carboxylic acids is 2. The number of sulfonamides is 2. The van der Waals surface area contributed by atoms with Crippen LogP contribution in [0.5, 0.6) is 11.5 Å². The molecule has 0 radical (unpaired) electrons. The Hall–Kier alpha value is -4.46. The number of carbonyl (C=O) groups is 2. The van der Waals surface area contributed by atoms with Gasteiger partial charge in [0.1, 0.15) is 45.3 Å². The van der Waals surface area contributed by atoms with Gasteiger partial charge in [-0.05, 0) is 87.4 Å². The van der Waals surface area contributed by atoms with Crippen molar-refractivity contribution in [3.05, 3.63) is 84.9 Å². The van der Waals surface area contributed by atoms with E-state index in [1.165, 1.54) is 46.4 Å². The van der Waals surface area contributed by atoms with Crippen LogP contribution in [0.2, 0.25) is 0 Å². The molecule has 2 aliphatic heterocycles. The summed E-state index contributed by atoms with van der Waals surface area (Å²) in [4.78, 5) is 30.7. The van der Waals surface area contributed by atoms with Gasteiger partial charge in [0.25, 0.3) is 0 Å². The van der Waals surface area contributed by atoms with Gasteiger partial charge in [0.05, 0.1) is 35.4 Å². The summed E-state index contributed by atoms with van der Waals surface area (Å²) in [5.74, 6) is 0.394. The number of anilines is 4. The molecule has 18 heteroatoms. The molecule has 8 rings (SSSR count). The van der Waals surface area contributed by atoms with Crippen molar-refractivity contribution in [2.45, 2.75) is 110 Å². The van der Waals surface area contributed by atoms with Gasteiger partial charge in [-0.3, -0.25) is 9.59 Å². The Morgan fingerprint density at radius 3 is 1.26 bits per heavy atom. The third-order valence-electron chi connectivity index (χ3n) is 14.1. The fraction of sp³-hybridized carbons (Fsp3) is 0.500. The van der Waals surface area contributed by atoms with Crippen LogP contribution in [0.4, 0.5) is 22.7 Å². The van der Waals surface area contributed by atoms with Gasteiger partial charge in [-0.15, -0.1) is 23.5 Å². The van der Waals surface area contributed by atoms with E-state index in [0.29, 0.717) is 61.6 Å². The largest absolute Gasteiger partial charge is 0.491 e. The number of likely N-dealkylation sites (N-methyl/N-ethyl adjacent to an activating group) is 2. The lowest BCUT2D eigenvalue weighted by Gasteiger charge is -2.29. The molecule has 0 spiro atoms. The van der Waals surface area contributed by atoms with Crippen LogP contribution >= 0.6 is 23.5 Å². The van der Waals surface area contributed by atoms with Crippen molar-refractivity contribution < 1.29 is 45.4 Å².